The highest BCUT2D eigenvalue weighted by atomic mass is 35.5. The van der Waals surface area contributed by atoms with Crippen LogP contribution in [0.2, 0.25) is 0 Å². The molecular weight excluding hydrogens is 262 g/mol. The Hall–Kier alpha value is -1.55. The molecule has 0 aliphatic heterocycles. The summed E-state index contributed by atoms with van der Waals surface area (Å²) in [6.45, 7) is 1.77. The average Bonchev–Trinajstić information content (AvgIpc) is 2.39. The van der Waals surface area contributed by atoms with Gasteiger partial charge in [0.15, 0.2) is 0 Å². The molecule has 2 aromatic carbocycles. The van der Waals surface area contributed by atoms with Gasteiger partial charge in [-0.3, -0.25) is 0 Å². The number of benzene rings is 2. The third kappa shape index (κ3) is 3.96. The van der Waals surface area contributed by atoms with Crippen molar-refractivity contribution in [2.75, 3.05) is 0 Å². The predicted molar refractivity (Wildman–Crippen MR) is 78.8 cm³/mol. The highest BCUT2D eigenvalue weighted by Crippen LogP contribution is 2.30. The Bertz CT molecular complexity index is 503. The van der Waals surface area contributed by atoms with Crippen LogP contribution in [0, 0.1) is 0 Å². The zero-order chi connectivity index (χ0) is 13.0. The number of hydrogen-bond donors (Lipinski definition) is 2. The van der Waals surface area contributed by atoms with Gasteiger partial charge in [-0.25, -0.2) is 0 Å². The quantitative estimate of drug-likeness (QED) is 0.903. The van der Waals surface area contributed by atoms with Gasteiger partial charge in [0.1, 0.15) is 11.5 Å². The second-order valence-corrected chi connectivity index (χ2v) is 4.26. The summed E-state index contributed by atoms with van der Waals surface area (Å²) in [5.74, 6) is 1.37. The molecule has 0 amide bonds. The maximum atomic E-state index is 10.1. The van der Waals surface area contributed by atoms with E-state index in [0.29, 0.717) is 11.3 Å². The van der Waals surface area contributed by atoms with E-state index in [1.165, 1.54) is 0 Å². The monoisotopic (exact) mass is 279 g/mol. The fourth-order valence-corrected chi connectivity index (χ4v) is 1.72. The molecule has 0 radical (unpaired) electrons. The summed E-state index contributed by atoms with van der Waals surface area (Å²) >= 11 is 0. The molecule has 0 aliphatic rings. The van der Waals surface area contributed by atoms with Crippen LogP contribution in [-0.4, -0.2) is 11.1 Å². The Labute approximate surface area is 119 Å². The topological polar surface area (TPSA) is 55.5 Å². The highest BCUT2D eigenvalue weighted by Gasteiger charge is 2.17. The van der Waals surface area contributed by atoms with Gasteiger partial charge in [0.05, 0.1) is 6.10 Å². The first-order valence-corrected chi connectivity index (χ1v) is 5.94. The van der Waals surface area contributed by atoms with Crippen LogP contribution in [0.4, 0.5) is 0 Å². The Morgan fingerprint density at radius 2 is 1.58 bits per heavy atom. The number of aliphatic hydroxyl groups excluding tert-OH is 1. The van der Waals surface area contributed by atoms with Crippen molar-refractivity contribution in [3.05, 3.63) is 60.2 Å². The van der Waals surface area contributed by atoms with Crippen molar-refractivity contribution in [3.8, 4) is 11.5 Å². The SMILES string of the molecule is CC(N)C(O)c1ccccc1Oc1ccccc1.Cl. The molecule has 2 unspecified atom stereocenters. The molecule has 4 heteroatoms. The Morgan fingerprint density at radius 3 is 2.21 bits per heavy atom. The molecule has 2 rings (SSSR count). The van der Waals surface area contributed by atoms with Gasteiger partial charge in [-0.1, -0.05) is 36.4 Å². The van der Waals surface area contributed by atoms with Crippen LogP contribution in [0.1, 0.15) is 18.6 Å². The molecule has 0 fully saturated rings. The third-order valence-electron chi connectivity index (χ3n) is 2.71. The normalized spacial score (nSPS) is 13.2. The van der Waals surface area contributed by atoms with Crippen molar-refractivity contribution in [2.45, 2.75) is 19.1 Å². The second kappa shape index (κ2) is 7.14. The summed E-state index contributed by atoms with van der Waals surface area (Å²) in [7, 11) is 0. The van der Waals surface area contributed by atoms with Gasteiger partial charge in [-0.05, 0) is 25.1 Å². The zero-order valence-electron chi connectivity index (χ0n) is 10.7. The van der Waals surface area contributed by atoms with Gasteiger partial charge in [0.2, 0.25) is 0 Å². The number of halogens is 1. The summed E-state index contributed by atoms with van der Waals surface area (Å²) in [6.07, 6.45) is -0.732. The minimum atomic E-state index is -0.732. The molecule has 0 spiro atoms. The fraction of sp³-hybridized carbons (Fsp3) is 0.200. The second-order valence-electron chi connectivity index (χ2n) is 4.26. The average molecular weight is 280 g/mol. The van der Waals surface area contributed by atoms with Crippen molar-refractivity contribution < 1.29 is 9.84 Å². The van der Waals surface area contributed by atoms with E-state index in [1.807, 2.05) is 54.6 Å². The zero-order valence-corrected chi connectivity index (χ0v) is 11.5. The number of ether oxygens (including phenoxy) is 1. The lowest BCUT2D eigenvalue weighted by Gasteiger charge is -2.18. The van der Waals surface area contributed by atoms with Gasteiger partial charge >= 0.3 is 0 Å². The van der Waals surface area contributed by atoms with Crippen molar-refractivity contribution >= 4 is 12.4 Å². The first-order chi connectivity index (χ1) is 8.68. The molecule has 19 heavy (non-hydrogen) atoms. The largest absolute Gasteiger partial charge is 0.457 e. The van der Waals surface area contributed by atoms with Crippen molar-refractivity contribution in [1.82, 2.24) is 0 Å². The van der Waals surface area contributed by atoms with E-state index < -0.39 is 6.10 Å². The van der Waals surface area contributed by atoms with Crippen LogP contribution in [0.5, 0.6) is 11.5 Å². The van der Waals surface area contributed by atoms with Crippen LogP contribution in [-0.2, 0) is 0 Å². The number of rotatable bonds is 4. The fourth-order valence-electron chi connectivity index (χ4n) is 1.72. The van der Waals surface area contributed by atoms with Gasteiger partial charge in [-0.15, -0.1) is 12.4 Å². The highest BCUT2D eigenvalue weighted by molar-refractivity contribution is 5.85. The first-order valence-electron chi connectivity index (χ1n) is 5.94. The summed E-state index contributed by atoms with van der Waals surface area (Å²) in [5, 5.41) is 10.1. The Balaban J connectivity index is 0.00000180. The molecule has 0 aromatic heterocycles. The van der Waals surface area contributed by atoms with Crippen LogP contribution in [0.3, 0.4) is 0 Å². The van der Waals surface area contributed by atoms with E-state index in [1.54, 1.807) is 6.92 Å². The van der Waals surface area contributed by atoms with Crippen molar-refractivity contribution in [2.24, 2.45) is 5.73 Å². The lowest BCUT2D eigenvalue weighted by atomic mass is 10.0. The van der Waals surface area contributed by atoms with Crippen LogP contribution in [0.15, 0.2) is 54.6 Å². The smallest absolute Gasteiger partial charge is 0.133 e. The van der Waals surface area contributed by atoms with E-state index >= 15 is 0 Å². The van der Waals surface area contributed by atoms with Crippen LogP contribution in [0.25, 0.3) is 0 Å². The van der Waals surface area contributed by atoms with Gasteiger partial charge in [-0.2, -0.15) is 0 Å². The summed E-state index contributed by atoms with van der Waals surface area (Å²) in [5.41, 5.74) is 6.43. The van der Waals surface area contributed by atoms with Gasteiger partial charge in [0.25, 0.3) is 0 Å². The maximum Gasteiger partial charge on any atom is 0.133 e. The maximum absolute atomic E-state index is 10.1. The Morgan fingerprint density at radius 1 is 1.00 bits per heavy atom. The van der Waals surface area contributed by atoms with E-state index in [2.05, 4.69) is 0 Å². The number of hydrogen-bond acceptors (Lipinski definition) is 3. The van der Waals surface area contributed by atoms with Crippen LogP contribution >= 0.6 is 12.4 Å². The Kier molecular flexibility index (Phi) is 5.83. The lowest BCUT2D eigenvalue weighted by Crippen LogP contribution is -2.24. The first kappa shape index (κ1) is 15.5. The van der Waals surface area contributed by atoms with Crippen LogP contribution < -0.4 is 10.5 Å². The predicted octanol–water partition coefficient (Wildman–Crippen LogP) is 3.28. The molecule has 0 aliphatic carbocycles. The van der Waals surface area contributed by atoms with Gasteiger partial charge < -0.3 is 15.6 Å². The molecule has 0 heterocycles. The minimum Gasteiger partial charge on any atom is -0.457 e. The standard InChI is InChI=1S/C15H17NO2.ClH/c1-11(16)15(17)13-9-5-6-10-14(13)18-12-7-3-2-4-8-12;/h2-11,15,17H,16H2,1H3;1H. The summed E-state index contributed by atoms with van der Waals surface area (Å²) in [4.78, 5) is 0. The molecule has 3 nitrogen and oxygen atoms in total. The van der Waals surface area contributed by atoms with E-state index in [9.17, 15) is 5.11 Å². The van der Waals surface area contributed by atoms with E-state index in [4.69, 9.17) is 10.5 Å². The van der Waals surface area contributed by atoms with Crippen molar-refractivity contribution in [1.29, 1.82) is 0 Å². The third-order valence-corrected chi connectivity index (χ3v) is 2.71. The molecular formula is C15H18ClNO2. The summed E-state index contributed by atoms with van der Waals surface area (Å²) in [6, 6.07) is 16.5. The summed E-state index contributed by atoms with van der Waals surface area (Å²) < 4.78 is 5.77. The number of para-hydroxylation sites is 2. The lowest BCUT2D eigenvalue weighted by molar-refractivity contribution is 0.150. The molecule has 2 aromatic rings. The molecule has 0 saturated heterocycles. The van der Waals surface area contributed by atoms with E-state index in [-0.39, 0.29) is 18.4 Å². The minimum absolute atomic E-state index is 0. The number of nitrogens with two attached hydrogens (primary N) is 1. The van der Waals surface area contributed by atoms with Crippen molar-refractivity contribution in [3.63, 3.8) is 0 Å². The molecule has 0 saturated carbocycles. The number of aliphatic hydroxyl groups is 1. The molecule has 102 valence electrons. The molecule has 2 atom stereocenters. The van der Waals surface area contributed by atoms with E-state index in [0.717, 1.165) is 5.75 Å². The molecule has 0 bridgehead atoms. The molecule has 3 N–H and O–H groups in total. The van der Waals surface area contributed by atoms with Gasteiger partial charge in [0, 0.05) is 11.6 Å².